The third-order valence-corrected chi connectivity index (χ3v) is 5.77. The van der Waals surface area contributed by atoms with Gasteiger partial charge in [-0.05, 0) is 70.6 Å². The van der Waals surface area contributed by atoms with Crippen LogP contribution in [-0.2, 0) is 14.3 Å². The molecule has 0 aliphatic carbocycles. The highest BCUT2D eigenvalue weighted by atomic mass is 16.6. The standard InChI is InChI=1S/C29H41N3O4/c1-18(2)16-23(30-28(35)36-29(6,7)8)27(34)32(9)25(22-15-10-12-19(3)17-22)26(33)31-24-20(4)13-11-14-21(24)5/h10-15,17-18,23,25H,16H2,1-9H3,(H,30,35)(H,31,33). The molecule has 3 amide bonds. The average Bonchev–Trinajstić information content (AvgIpc) is 2.74. The first kappa shape index (κ1) is 28.9. The molecule has 0 bridgehead atoms. The Morgan fingerprint density at radius 3 is 2.08 bits per heavy atom. The topological polar surface area (TPSA) is 87.7 Å². The lowest BCUT2D eigenvalue weighted by molar-refractivity contribution is -0.139. The molecular formula is C29H41N3O4. The number of anilines is 1. The minimum absolute atomic E-state index is 0.128. The first-order chi connectivity index (χ1) is 16.7. The number of likely N-dealkylation sites (N-methyl/N-ethyl adjacent to an activating group) is 1. The van der Waals surface area contributed by atoms with E-state index in [0.29, 0.717) is 12.0 Å². The minimum atomic E-state index is -0.897. The average molecular weight is 496 g/mol. The predicted molar refractivity (Wildman–Crippen MR) is 144 cm³/mol. The van der Waals surface area contributed by atoms with Gasteiger partial charge in [0.2, 0.25) is 5.91 Å². The quantitative estimate of drug-likeness (QED) is 0.492. The van der Waals surface area contributed by atoms with Crippen molar-refractivity contribution in [3.05, 3.63) is 64.7 Å². The summed E-state index contributed by atoms with van der Waals surface area (Å²) >= 11 is 0. The predicted octanol–water partition coefficient (Wildman–Crippen LogP) is 5.69. The van der Waals surface area contributed by atoms with Gasteiger partial charge >= 0.3 is 6.09 Å². The van der Waals surface area contributed by atoms with Gasteiger partial charge in [0, 0.05) is 12.7 Å². The zero-order valence-electron chi connectivity index (χ0n) is 23.1. The second-order valence-electron chi connectivity index (χ2n) is 10.9. The van der Waals surface area contributed by atoms with Crippen LogP contribution in [0, 0.1) is 26.7 Å². The lowest BCUT2D eigenvalue weighted by Gasteiger charge is -2.32. The Kier molecular flexibility index (Phi) is 9.68. The Balaban J connectivity index is 2.42. The van der Waals surface area contributed by atoms with E-state index in [1.54, 1.807) is 27.8 Å². The number of amides is 3. The van der Waals surface area contributed by atoms with E-state index in [1.165, 1.54) is 4.90 Å². The van der Waals surface area contributed by atoms with Crippen LogP contribution in [0.1, 0.15) is 69.3 Å². The maximum Gasteiger partial charge on any atom is 0.408 e. The molecule has 36 heavy (non-hydrogen) atoms. The Morgan fingerprint density at radius 1 is 0.972 bits per heavy atom. The normalized spacial score (nSPS) is 13.1. The number of alkyl carbamates (subject to hydrolysis) is 1. The fourth-order valence-corrected chi connectivity index (χ4v) is 4.11. The van der Waals surface area contributed by atoms with Gasteiger partial charge in [-0.1, -0.05) is 61.9 Å². The SMILES string of the molecule is Cc1cccc(C(C(=O)Nc2c(C)cccc2C)N(C)C(=O)C(CC(C)C)NC(=O)OC(C)(C)C)c1. The van der Waals surface area contributed by atoms with Crippen LogP contribution in [0.4, 0.5) is 10.5 Å². The van der Waals surface area contributed by atoms with Crippen molar-refractivity contribution in [3.8, 4) is 0 Å². The number of hydrogen-bond donors (Lipinski definition) is 2. The molecular weight excluding hydrogens is 454 g/mol. The number of carbonyl (C=O) groups is 3. The van der Waals surface area contributed by atoms with Gasteiger partial charge in [-0.25, -0.2) is 4.79 Å². The molecule has 0 saturated heterocycles. The van der Waals surface area contributed by atoms with Crippen molar-refractivity contribution in [2.75, 3.05) is 12.4 Å². The molecule has 0 aromatic heterocycles. The highest BCUT2D eigenvalue weighted by Crippen LogP contribution is 2.27. The number of para-hydroxylation sites is 1. The molecule has 0 heterocycles. The second-order valence-corrected chi connectivity index (χ2v) is 10.9. The van der Waals surface area contributed by atoms with Crippen molar-refractivity contribution in [3.63, 3.8) is 0 Å². The van der Waals surface area contributed by atoms with E-state index in [9.17, 15) is 14.4 Å². The molecule has 196 valence electrons. The molecule has 2 aromatic carbocycles. The van der Waals surface area contributed by atoms with E-state index < -0.39 is 23.8 Å². The molecule has 0 radical (unpaired) electrons. The Hall–Kier alpha value is -3.35. The van der Waals surface area contributed by atoms with Crippen LogP contribution in [-0.4, -0.2) is 41.5 Å². The van der Waals surface area contributed by atoms with Gasteiger partial charge in [-0.2, -0.15) is 0 Å². The van der Waals surface area contributed by atoms with E-state index in [2.05, 4.69) is 10.6 Å². The summed E-state index contributed by atoms with van der Waals surface area (Å²) in [5, 5.41) is 5.77. The molecule has 2 N–H and O–H groups in total. The summed E-state index contributed by atoms with van der Waals surface area (Å²) in [5.41, 5.74) is 3.57. The van der Waals surface area contributed by atoms with Crippen molar-refractivity contribution in [1.82, 2.24) is 10.2 Å². The fourth-order valence-electron chi connectivity index (χ4n) is 4.11. The number of rotatable bonds is 8. The highest BCUT2D eigenvalue weighted by molar-refractivity contribution is 5.99. The summed E-state index contributed by atoms with van der Waals surface area (Å²) in [7, 11) is 1.60. The number of aryl methyl sites for hydroxylation is 3. The minimum Gasteiger partial charge on any atom is -0.444 e. The molecule has 0 aliphatic heterocycles. The number of benzene rings is 2. The zero-order chi connectivity index (χ0) is 27.2. The van der Waals surface area contributed by atoms with Gasteiger partial charge in [0.1, 0.15) is 17.7 Å². The molecule has 2 rings (SSSR count). The van der Waals surface area contributed by atoms with Gasteiger partial charge in [0.15, 0.2) is 0 Å². The first-order valence-electron chi connectivity index (χ1n) is 12.4. The molecule has 0 aliphatic rings. The summed E-state index contributed by atoms with van der Waals surface area (Å²) in [4.78, 5) is 41.4. The van der Waals surface area contributed by atoms with Crippen LogP contribution in [0.15, 0.2) is 42.5 Å². The van der Waals surface area contributed by atoms with Gasteiger partial charge in [0.25, 0.3) is 5.91 Å². The number of carbonyl (C=O) groups excluding carboxylic acids is 3. The molecule has 0 fully saturated rings. The van der Waals surface area contributed by atoms with Crippen molar-refractivity contribution in [1.29, 1.82) is 0 Å². The molecule has 0 saturated carbocycles. The third-order valence-electron chi connectivity index (χ3n) is 5.77. The van der Waals surface area contributed by atoms with Crippen LogP contribution in [0.3, 0.4) is 0 Å². The zero-order valence-corrected chi connectivity index (χ0v) is 23.1. The third kappa shape index (κ3) is 8.11. The molecule has 0 spiro atoms. The summed E-state index contributed by atoms with van der Waals surface area (Å²) in [6, 6.07) is 11.6. The van der Waals surface area contributed by atoms with E-state index in [0.717, 1.165) is 22.4 Å². The lowest BCUT2D eigenvalue weighted by Crippen LogP contribution is -2.51. The van der Waals surface area contributed by atoms with Crippen LogP contribution in [0.25, 0.3) is 0 Å². The molecule has 2 aromatic rings. The fraction of sp³-hybridized carbons (Fsp3) is 0.483. The Bertz CT molecular complexity index is 1070. The van der Waals surface area contributed by atoms with E-state index in [1.807, 2.05) is 77.1 Å². The molecule has 7 heteroatoms. The monoisotopic (exact) mass is 495 g/mol. The second kappa shape index (κ2) is 12.1. The van der Waals surface area contributed by atoms with Crippen molar-refractivity contribution in [2.24, 2.45) is 5.92 Å². The van der Waals surface area contributed by atoms with Crippen molar-refractivity contribution in [2.45, 2.75) is 79.5 Å². The van der Waals surface area contributed by atoms with Crippen LogP contribution in [0.5, 0.6) is 0 Å². The van der Waals surface area contributed by atoms with Gasteiger partial charge in [-0.3, -0.25) is 9.59 Å². The van der Waals surface area contributed by atoms with Crippen LogP contribution >= 0.6 is 0 Å². The summed E-state index contributed by atoms with van der Waals surface area (Å²) in [5.74, 6) is -0.560. The summed E-state index contributed by atoms with van der Waals surface area (Å²) < 4.78 is 5.39. The molecule has 2 unspecified atom stereocenters. The van der Waals surface area contributed by atoms with Crippen LogP contribution in [0.2, 0.25) is 0 Å². The van der Waals surface area contributed by atoms with Gasteiger partial charge in [-0.15, -0.1) is 0 Å². The van der Waals surface area contributed by atoms with E-state index in [-0.39, 0.29) is 17.7 Å². The summed E-state index contributed by atoms with van der Waals surface area (Å²) in [6.45, 7) is 15.1. The Labute approximate surface area is 215 Å². The lowest BCUT2D eigenvalue weighted by atomic mass is 9.98. The highest BCUT2D eigenvalue weighted by Gasteiger charge is 2.34. The summed E-state index contributed by atoms with van der Waals surface area (Å²) in [6.07, 6.45) is -0.261. The molecule has 7 nitrogen and oxygen atoms in total. The molecule has 2 atom stereocenters. The van der Waals surface area contributed by atoms with Crippen molar-refractivity contribution >= 4 is 23.6 Å². The number of nitrogens with one attached hydrogen (secondary N) is 2. The Morgan fingerprint density at radius 2 is 1.56 bits per heavy atom. The maximum atomic E-state index is 13.7. The number of ether oxygens (including phenoxy) is 1. The van der Waals surface area contributed by atoms with E-state index in [4.69, 9.17) is 4.74 Å². The van der Waals surface area contributed by atoms with Gasteiger partial charge < -0.3 is 20.3 Å². The number of nitrogens with zero attached hydrogens (tertiary/aromatic N) is 1. The smallest absolute Gasteiger partial charge is 0.408 e. The largest absolute Gasteiger partial charge is 0.444 e. The van der Waals surface area contributed by atoms with E-state index >= 15 is 0 Å². The first-order valence-corrected chi connectivity index (χ1v) is 12.4. The van der Waals surface area contributed by atoms with Crippen LogP contribution < -0.4 is 10.6 Å². The number of hydrogen-bond acceptors (Lipinski definition) is 4. The maximum absolute atomic E-state index is 13.7. The van der Waals surface area contributed by atoms with Gasteiger partial charge in [0.05, 0.1) is 0 Å². The van der Waals surface area contributed by atoms with Crippen molar-refractivity contribution < 1.29 is 19.1 Å².